The number of rotatable bonds is 4. The van der Waals surface area contributed by atoms with Gasteiger partial charge in [0, 0.05) is 24.2 Å². The second-order valence-electron chi connectivity index (χ2n) is 4.68. The molecule has 1 aromatic carbocycles. The van der Waals surface area contributed by atoms with Crippen LogP contribution >= 0.6 is 23.2 Å². The molecule has 1 amide bonds. The predicted octanol–water partition coefficient (Wildman–Crippen LogP) is 3.63. The van der Waals surface area contributed by atoms with Gasteiger partial charge in [-0.3, -0.25) is 4.79 Å². The van der Waals surface area contributed by atoms with Gasteiger partial charge in [-0.2, -0.15) is 0 Å². The number of benzene rings is 1. The molecule has 0 spiro atoms. The fraction of sp³-hybridized carbons (Fsp3) is 0.286. The fourth-order valence-corrected chi connectivity index (χ4v) is 2.30. The molecule has 1 heterocycles. The molecule has 1 aromatic heterocycles. The van der Waals surface area contributed by atoms with E-state index in [0.29, 0.717) is 16.8 Å². The molecule has 0 radical (unpaired) electrons. The zero-order valence-corrected chi connectivity index (χ0v) is 13.0. The van der Waals surface area contributed by atoms with Crippen molar-refractivity contribution in [3.63, 3.8) is 0 Å². The Balaban J connectivity index is 2.06. The zero-order valence-electron chi connectivity index (χ0n) is 11.5. The number of aryl methyl sites for hydroxylation is 1. The van der Waals surface area contributed by atoms with E-state index >= 15 is 0 Å². The van der Waals surface area contributed by atoms with Crippen molar-refractivity contribution in [2.45, 2.75) is 19.9 Å². The molecule has 0 atom stereocenters. The van der Waals surface area contributed by atoms with Crippen LogP contribution in [-0.2, 0) is 17.8 Å². The highest BCUT2D eigenvalue weighted by Crippen LogP contribution is 2.22. The maximum Gasteiger partial charge on any atom is 0.229 e. The minimum Gasteiger partial charge on any atom is -0.344 e. The maximum absolute atomic E-state index is 13.0. The molecule has 7 heteroatoms. The molecule has 0 aliphatic carbocycles. The lowest BCUT2D eigenvalue weighted by Gasteiger charge is -2.18. The van der Waals surface area contributed by atoms with Crippen LogP contribution in [-0.4, -0.2) is 23.0 Å². The lowest BCUT2D eigenvalue weighted by atomic mass is 10.1. The highest BCUT2D eigenvalue weighted by molar-refractivity contribution is 6.31. The summed E-state index contributed by atoms with van der Waals surface area (Å²) in [7, 11) is 1.64. The van der Waals surface area contributed by atoms with Crippen LogP contribution < -0.4 is 0 Å². The first-order chi connectivity index (χ1) is 9.88. The molecule has 0 unspecified atom stereocenters. The van der Waals surface area contributed by atoms with Gasteiger partial charge in [0.1, 0.15) is 5.82 Å². The molecular formula is C14H13Cl2FN2O2. The monoisotopic (exact) mass is 330 g/mol. The van der Waals surface area contributed by atoms with E-state index in [1.807, 2.05) is 0 Å². The average Bonchev–Trinajstić information content (AvgIpc) is 2.73. The summed E-state index contributed by atoms with van der Waals surface area (Å²) in [4.78, 5) is 13.7. The number of aromatic nitrogens is 1. The zero-order chi connectivity index (χ0) is 15.6. The van der Waals surface area contributed by atoms with Crippen molar-refractivity contribution in [1.82, 2.24) is 10.1 Å². The van der Waals surface area contributed by atoms with Crippen LogP contribution in [0, 0.1) is 12.7 Å². The van der Waals surface area contributed by atoms with Gasteiger partial charge >= 0.3 is 0 Å². The van der Waals surface area contributed by atoms with E-state index < -0.39 is 5.82 Å². The van der Waals surface area contributed by atoms with Crippen molar-refractivity contribution in [3.8, 4) is 0 Å². The minimum absolute atomic E-state index is 0.0868. The Bertz CT molecular complexity index is 653. The first-order valence-electron chi connectivity index (χ1n) is 6.17. The highest BCUT2D eigenvalue weighted by Gasteiger charge is 2.18. The van der Waals surface area contributed by atoms with Gasteiger partial charge in [-0.25, -0.2) is 4.39 Å². The summed E-state index contributed by atoms with van der Waals surface area (Å²) < 4.78 is 17.8. The number of hydrogen-bond donors (Lipinski definition) is 0. The molecular weight excluding hydrogens is 318 g/mol. The normalized spacial score (nSPS) is 10.7. The molecule has 0 aliphatic rings. The van der Waals surface area contributed by atoms with E-state index in [4.69, 9.17) is 27.7 Å². The average molecular weight is 331 g/mol. The predicted molar refractivity (Wildman–Crippen MR) is 77.8 cm³/mol. The molecule has 112 valence electrons. The lowest BCUT2D eigenvalue weighted by Crippen LogP contribution is -2.28. The quantitative estimate of drug-likeness (QED) is 0.859. The topological polar surface area (TPSA) is 46.3 Å². The second-order valence-corrected chi connectivity index (χ2v) is 5.43. The van der Waals surface area contributed by atoms with Crippen LogP contribution in [0.4, 0.5) is 4.39 Å². The van der Waals surface area contributed by atoms with Gasteiger partial charge in [0.05, 0.1) is 12.1 Å². The van der Waals surface area contributed by atoms with E-state index in [1.165, 1.54) is 17.0 Å². The van der Waals surface area contributed by atoms with Crippen molar-refractivity contribution < 1.29 is 13.7 Å². The first-order valence-corrected chi connectivity index (χ1v) is 6.92. The second kappa shape index (κ2) is 6.45. The largest absolute Gasteiger partial charge is 0.344 e. The first kappa shape index (κ1) is 15.8. The van der Waals surface area contributed by atoms with Crippen LogP contribution in [0.25, 0.3) is 0 Å². The van der Waals surface area contributed by atoms with E-state index in [2.05, 4.69) is 5.16 Å². The van der Waals surface area contributed by atoms with Gasteiger partial charge < -0.3 is 9.42 Å². The van der Waals surface area contributed by atoms with Crippen LogP contribution in [0.2, 0.25) is 10.2 Å². The summed E-state index contributed by atoms with van der Waals surface area (Å²) in [5.41, 5.74) is 1.82. The molecule has 4 nitrogen and oxygen atoms in total. The summed E-state index contributed by atoms with van der Waals surface area (Å²) >= 11 is 11.8. The van der Waals surface area contributed by atoms with Crippen molar-refractivity contribution in [2.24, 2.45) is 0 Å². The third-order valence-electron chi connectivity index (χ3n) is 3.11. The molecule has 0 saturated carbocycles. The number of carbonyl (C=O) groups excluding carboxylic acids is 1. The Kier molecular flexibility index (Phi) is 4.85. The molecule has 0 bridgehead atoms. The van der Waals surface area contributed by atoms with E-state index in [9.17, 15) is 9.18 Å². The molecule has 21 heavy (non-hydrogen) atoms. The van der Waals surface area contributed by atoms with Crippen LogP contribution in [0.3, 0.4) is 0 Å². The van der Waals surface area contributed by atoms with Crippen LogP contribution in [0.1, 0.15) is 16.8 Å². The highest BCUT2D eigenvalue weighted by atomic mass is 35.5. The van der Waals surface area contributed by atoms with Gasteiger partial charge in [0.2, 0.25) is 11.1 Å². The smallest absolute Gasteiger partial charge is 0.229 e. The SMILES string of the molecule is Cc1noc(Cl)c1CC(=O)N(C)Cc1ccc(F)cc1Cl. The lowest BCUT2D eigenvalue weighted by molar-refractivity contribution is -0.129. The molecule has 2 rings (SSSR count). The molecule has 0 aliphatic heterocycles. The number of hydrogen-bond acceptors (Lipinski definition) is 3. The number of halogens is 3. The van der Waals surface area contributed by atoms with E-state index in [0.717, 1.165) is 0 Å². The summed E-state index contributed by atoms with van der Waals surface area (Å²) in [6, 6.07) is 4.08. The Morgan fingerprint density at radius 1 is 1.43 bits per heavy atom. The van der Waals surface area contributed by atoms with Crippen LogP contribution in [0.5, 0.6) is 0 Å². The summed E-state index contributed by atoms with van der Waals surface area (Å²) in [5, 5.41) is 4.10. The third kappa shape index (κ3) is 3.74. The summed E-state index contributed by atoms with van der Waals surface area (Å²) in [5.74, 6) is -0.576. The number of nitrogens with zero attached hydrogens (tertiary/aromatic N) is 2. The number of likely N-dealkylation sites (N-methyl/N-ethyl adjacent to an activating group) is 1. The Hall–Kier alpha value is -1.59. The number of carbonyl (C=O) groups is 1. The molecule has 2 aromatic rings. The van der Waals surface area contributed by atoms with Gasteiger partial charge in [-0.1, -0.05) is 22.8 Å². The minimum atomic E-state index is -0.412. The Labute approximate surface area is 131 Å². The van der Waals surface area contributed by atoms with Gasteiger partial charge in [0.15, 0.2) is 0 Å². The van der Waals surface area contributed by atoms with Gasteiger partial charge in [-0.15, -0.1) is 0 Å². The summed E-state index contributed by atoms with van der Waals surface area (Å²) in [6.45, 7) is 1.99. The molecule has 0 fully saturated rings. The molecule has 0 N–H and O–H groups in total. The van der Waals surface area contributed by atoms with Crippen LogP contribution in [0.15, 0.2) is 22.7 Å². The van der Waals surface area contributed by atoms with Crippen molar-refractivity contribution in [1.29, 1.82) is 0 Å². The Morgan fingerprint density at radius 2 is 2.14 bits per heavy atom. The Morgan fingerprint density at radius 3 is 2.71 bits per heavy atom. The molecule has 0 saturated heterocycles. The van der Waals surface area contributed by atoms with E-state index in [1.54, 1.807) is 20.0 Å². The van der Waals surface area contributed by atoms with Crippen molar-refractivity contribution in [2.75, 3.05) is 7.05 Å². The van der Waals surface area contributed by atoms with Crippen molar-refractivity contribution >= 4 is 29.1 Å². The van der Waals surface area contributed by atoms with Gasteiger partial charge in [0.25, 0.3) is 0 Å². The third-order valence-corrected chi connectivity index (χ3v) is 3.76. The maximum atomic E-state index is 13.0. The standard InChI is InChI=1S/C14H13Cl2FN2O2/c1-8-11(14(16)21-18-8)6-13(20)19(2)7-9-3-4-10(17)5-12(9)15/h3-5H,6-7H2,1-2H3. The van der Waals surface area contributed by atoms with E-state index in [-0.39, 0.29) is 29.1 Å². The fourth-order valence-electron chi connectivity index (χ4n) is 1.84. The van der Waals surface area contributed by atoms with Gasteiger partial charge in [-0.05, 0) is 36.2 Å². The summed E-state index contributed by atoms with van der Waals surface area (Å²) in [6.07, 6.45) is 0.0868. The number of amides is 1. The van der Waals surface area contributed by atoms with Crippen molar-refractivity contribution in [3.05, 3.63) is 51.1 Å².